The summed E-state index contributed by atoms with van der Waals surface area (Å²) in [5.74, 6) is 2.41. The first-order valence-corrected chi connectivity index (χ1v) is 6.51. The van der Waals surface area contributed by atoms with E-state index >= 15 is 0 Å². The van der Waals surface area contributed by atoms with Gasteiger partial charge in [-0.25, -0.2) is 0 Å². The molecule has 2 rings (SSSR count). The summed E-state index contributed by atoms with van der Waals surface area (Å²) >= 11 is 0. The maximum atomic E-state index is 5.87. The monoisotopic (exact) mass is 251 g/mol. The average Bonchev–Trinajstić information content (AvgIpc) is 2.75. The highest BCUT2D eigenvalue weighted by atomic mass is 16.7. The molecular formula is C14H21NO3. The van der Waals surface area contributed by atoms with Gasteiger partial charge < -0.3 is 19.9 Å². The number of benzene rings is 1. The van der Waals surface area contributed by atoms with E-state index in [1.54, 1.807) is 0 Å². The predicted octanol–water partition coefficient (Wildman–Crippen LogP) is 2.48. The molecule has 1 aliphatic heterocycles. The molecule has 0 amide bonds. The van der Waals surface area contributed by atoms with Crippen molar-refractivity contribution in [3.63, 3.8) is 0 Å². The molecule has 1 unspecified atom stereocenters. The minimum absolute atomic E-state index is 0.0962. The fourth-order valence-electron chi connectivity index (χ4n) is 1.93. The summed E-state index contributed by atoms with van der Waals surface area (Å²) in [5, 5.41) is 0. The zero-order chi connectivity index (χ0) is 13.0. The first kappa shape index (κ1) is 13.0. The topological polar surface area (TPSA) is 53.7 Å². The molecule has 18 heavy (non-hydrogen) atoms. The Balaban J connectivity index is 2.18. The Morgan fingerprint density at radius 3 is 2.72 bits per heavy atom. The van der Waals surface area contributed by atoms with Crippen LogP contribution in [0.5, 0.6) is 17.2 Å². The van der Waals surface area contributed by atoms with E-state index in [2.05, 4.69) is 6.92 Å². The van der Waals surface area contributed by atoms with Gasteiger partial charge in [-0.1, -0.05) is 13.3 Å². The van der Waals surface area contributed by atoms with E-state index in [0.717, 1.165) is 48.7 Å². The smallest absolute Gasteiger partial charge is 0.231 e. The van der Waals surface area contributed by atoms with Gasteiger partial charge in [0.1, 0.15) is 5.75 Å². The van der Waals surface area contributed by atoms with Crippen LogP contribution >= 0.6 is 0 Å². The SMILES string of the molecule is CCCCOc1cc2c(cc1CC(C)N)OCO2. The molecule has 0 spiro atoms. The van der Waals surface area contributed by atoms with E-state index in [1.807, 2.05) is 19.1 Å². The highest BCUT2D eigenvalue weighted by molar-refractivity contribution is 5.52. The van der Waals surface area contributed by atoms with Gasteiger partial charge >= 0.3 is 0 Å². The lowest BCUT2D eigenvalue weighted by Crippen LogP contribution is -2.18. The van der Waals surface area contributed by atoms with Gasteiger partial charge in [-0.05, 0) is 31.4 Å². The zero-order valence-corrected chi connectivity index (χ0v) is 11.1. The molecule has 1 heterocycles. The zero-order valence-electron chi connectivity index (χ0n) is 11.1. The Morgan fingerprint density at radius 2 is 2.06 bits per heavy atom. The largest absolute Gasteiger partial charge is 0.493 e. The standard InChI is InChI=1S/C14H21NO3/c1-3-4-5-16-12-8-14-13(17-9-18-14)7-11(12)6-10(2)15/h7-8,10H,3-6,9,15H2,1-2H3. The third kappa shape index (κ3) is 3.07. The van der Waals surface area contributed by atoms with E-state index in [4.69, 9.17) is 19.9 Å². The van der Waals surface area contributed by atoms with Gasteiger partial charge in [0.2, 0.25) is 6.79 Å². The first-order chi connectivity index (χ1) is 8.70. The van der Waals surface area contributed by atoms with Crippen LogP contribution in [-0.2, 0) is 6.42 Å². The Hall–Kier alpha value is -1.42. The molecule has 0 fully saturated rings. The van der Waals surface area contributed by atoms with Gasteiger partial charge in [0, 0.05) is 12.1 Å². The summed E-state index contributed by atoms with van der Waals surface area (Å²) in [7, 11) is 0. The molecule has 0 aliphatic carbocycles. The van der Waals surface area contributed by atoms with Crippen LogP contribution < -0.4 is 19.9 Å². The normalized spacial score (nSPS) is 14.6. The maximum absolute atomic E-state index is 5.87. The molecule has 0 bridgehead atoms. The quantitative estimate of drug-likeness (QED) is 0.789. The molecule has 2 N–H and O–H groups in total. The van der Waals surface area contributed by atoms with Crippen molar-refractivity contribution in [1.29, 1.82) is 0 Å². The maximum Gasteiger partial charge on any atom is 0.231 e. The van der Waals surface area contributed by atoms with Crippen LogP contribution in [0.1, 0.15) is 32.3 Å². The number of unbranched alkanes of at least 4 members (excludes halogenated alkanes) is 1. The first-order valence-electron chi connectivity index (χ1n) is 6.51. The lowest BCUT2D eigenvalue weighted by molar-refractivity contribution is 0.173. The minimum Gasteiger partial charge on any atom is -0.493 e. The summed E-state index contributed by atoms with van der Waals surface area (Å²) in [6, 6.07) is 3.99. The van der Waals surface area contributed by atoms with Gasteiger partial charge in [-0.15, -0.1) is 0 Å². The van der Waals surface area contributed by atoms with Gasteiger partial charge in [0.25, 0.3) is 0 Å². The van der Waals surface area contributed by atoms with E-state index in [1.165, 1.54) is 0 Å². The lowest BCUT2D eigenvalue weighted by atomic mass is 10.1. The second-order valence-electron chi connectivity index (χ2n) is 4.70. The van der Waals surface area contributed by atoms with Crippen LogP contribution in [0.2, 0.25) is 0 Å². The fourth-order valence-corrected chi connectivity index (χ4v) is 1.93. The molecule has 1 aromatic rings. The van der Waals surface area contributed by atoms with Crippen molar-refractivity contribution >= 4 is 0 Å². The molecule has 0 radical (unpaired) electrons. The molecule has 0 saturated heterocycles. The number of hydrogen-bond donors (Lipinski definition) is 1. The molecule has 1 aliphatic rings. The van der Waals surface area contributed by atoms with Crippen LogP contribution in [0.15, 0.2) is 12.1 Å². The molecule has 0 aromatic heterocycles. The molecule has 0 saturated carbocycles. The van der Waals surface area contributed by atoms with Gasteiger partial charge in [0.05, 0.1) is 6.61 Å². The van der Waals surface area contributed by atoms with Gasteiger partial charge in [0.15, 0.2) is 11.5 Å². The summed E-state index contributed by atoms with van der Waals surface area (Å²) in [5.41, 5.74) is 6.95. The van der Waals surface area contributed by atoms with Gasteiger partial charge in [-0.3, -0.25) is 0 Å². The van der Waals surface area contributed by atoms with Crippen LogP contribution in [0.4, 0.5) is 0 Å². The fraction of sp³-hybridized carbons (Fsp3) is 0.571. The third-order valence-corrected chi connectivity index (χ3v) is 2.85. The molecule has 4 heteroatoms. The molecule has 4 nitrogen and oxygen atoms in total. The summed E-state index contributed by atoms with van der Waals surface area (Å²) in [6.45, 7) is 5.14. The Morgan fingerprint density at radius 1 is 1.33 bits per heavy atom. The van der Waals surface area contributed by atoms with Crippen molar-refractivity contribution < 1.29 is 14.2 Å². The van der Waals surface area contributed by atoms with E-state index < -0.39 is 0 Å². The van der Waals surface area contributed by atoms with Gasteiger partial charge in [-0.2, -0.15) is 0 Å². The van der Waals surface area contributed by atoms with Crippen molar-refractivity contribution in [2.75, 3.05) is 13.4 Å². The van der Waals surface area contributed by atoms with E-state index in [9.17, 15) is 0 Å². The van der Waals surface area contributed by atoms with Crippen molar-refractivity contribution in [1.82, 2.24) is 0 Å². The number of rotatable bonds is 6. The molecular weight excluding hydrogens is 230 g/mol. The highest BCUT2D eigenvalue weighted by Crippen LogP contribution is 2.38. The third-order valence-electron chi connectivity index (χ3n) is 2.85. The van der Waals surface area contributed by atoms with Crippen LogP contribution in [0.25, 0.3) is 0 Å². The molecule has 1 aromatic carbocycles. The highest BCUT2D eigenvalue weighted by Gasteiger charge is 2.18. The number of hydrogen-bond acceptors (Lipinski definition) is 4. The van der Waals surface area contributed by atoms with Crippen molar-refractivity contribution in [3.8, 4) is 17.2 Å². The average molecular weight is 251 g/mol. The summed E-state index contributed by atoms with van der Waals surface area (Å²) in [6.07, 6.45) is 2.94. The van der Waals surface area contributed by atoms with Crippen molar-refractivity contribution in [2.45, 2.75) is 39.2 Å². The van der Waals surface area contributed by atoms with Crippen LogP contribution in [0, 0.1) is 0 Å². The predicted molar refractivity (Wildman–Crippen MR) is 70.3 cm³/mol. The lowest BCUT2D eigenvalue weighted by Gasteiger charge is -2.14. The van der Waals surface area contributed by atoms with E-state index in [0.29, 0.717) is 0 Å². The number of ether oxygens (including phenoxy) is 3. The van der Waals surface area contributed by atoms with Crippen molar-refractivity contribution in [2.24, 2.45) is 5.73 Å². The second kappa shape index (κ2) is 5.96. The Bertz CT molecular complexity index is 404. The van der Waals surface area contributed by atoms with Crippen LogP contribution in [-0.4, -0.2) is 19.4 Å². The molecule has 1 atom stereocenters. The number of fused-ring (bicyclic) bond motifs is 1. The minimum atomic E-state index is 0.0962. The molecule has 100 valence electrons. The summed E-state index contributed by atoms with van der Waals surface area (Å²) < 4.78 is 16.6. The Labute approximate surface area is 108 Å². The van der Waals surface area contributed by atoms with Crippen molar-refractivity contribution in [3.05, 3.63) is 17.7 Å². The number of nitrogens with two attached hydrogens (primary N) is 1. The van der Waals surface area contributed by atoms with E-state index in [-0.39, 0.29) is 12.8 Å². The van der Waals surface area contributed by atoms with Crippen LogP contribution in [0.3, 0.4) is 0 Å². The summed E-state index contributed by atoms with van der Waals surface area (Å²) in [4.78, 5) is 0. The second-order valence-corrected chi connectivity index (χ2v) is 4.70. The Kier molecular flexibility index (Phi) is 4.31.